The number of rotatable bonds is 6. The van der Waals surface area contributed by atoms with Crippen LogP contribution in [0.1, 0.15) is 70.2 Å². The number of oxime groups is 1. The number of hydrogen-bond acceptors (Lipinski definition) is 3. The van der Waals surface area contributed by atoms with Gasteiger partial charge in [-0.25, -0.2) is 4.39 Å². The van der Waals surface area contributed by atoms with Crippen molar-refractivity contribution in [1.82, 2.24) is 9.88 Å². The molecule has 0 radical (unpaired) electrons. The molecule has 2 aromatic carbocycles. The van der Waals surface area contributed by atoms with Crippen LogP contribution in [0.2, 0.25) is 0 Å². The third-order valence-corrected chi connectivity index (χ3v) is 6.34. The van der Waals surface area contributed by atoms with Gasteiger partial charge in [-0.3, -0.25) is 4.79 Å². The first-order valence-corrected chi connectivity index (χ1v) is 11.4. The summed E-state index contributed by atoms with van der Waals surface area (Å²) < 4.78 is 16.2. The summed E-state index contributed by atoms with van der Waals surface area (Å²) in [6.07, 6.45) is 1.84. The van der Waals surface area contributed by atoms with Crippen molar-refractivity contribution >= 4 is 11.6 Å². The number of nitrogens with zero attached hydrogens (tertiary/aromatic N) is 2. The first-order chi connectivity index (χ1) is 15.9. The fraction of sp³-hybridized carbons (Fsp3) is 0.333. The minimum atomic E-state index is -0.278. The van der Waals surface area contributed by atoms with E-state index in [1.165, 1.54) is 11.6 Å². The van der Waals surface area contributed by atoms with Gasteiger partial charge in [0, 0.05) is 30.9 Å². The van der Waals surface area contributed by atoms with Crippen LogP contribution < -0.4 is 5.32 Å². The summed E-state index contributed by atoms with van der Waals surface area (Å²) in [5, 5.41) is 15.9. The number of halogens is 1. The molecule has 0 bridgehead atoms. The number of carbonyl (C=O) groups is 1. The Morgan fingerprint density at radius 2 is 1.91 bits per heavy atom. The number of nitrogens with one attached hydrogen (secondary N) is 1. The van der Waals surface area contributed by atoms with E-state index in [4.69, 9.17) is 0 Å². The van der Waals surface area contributed by atoms with Gasteiger partial charge in [0.2, 0.25) is 0 Å². The highest BCUT2D eigenvalue weighted by atomic mass is 19.1. The van der Waals surface area contributed by atoms with Crippen molar-refractivity contribution < 1.29 is 14.4 Å². The van der Waals surface area contributed by atoms with E-state index in [2.05, 4.69) is 41.0 Å². The summed E-state index contributed by atoms with van der Waals surface area (Å²) in [6.45, 7) is 6.82. The molecule has 0 atom stereocenters. The summed E-state index contributed by atoms with van der Waals surface area (Å²) in [5.74, 6) is -0.340. The number of fused-ring (bicyclic) bond motifs is 1. The third kappa shape index (κ3) is 4.70. The molecule has 33 heavy (non-hydrogen) atoms. The Morgan fingerprint density at radius 3 is 2.58 bits per heavy atom. The highest BCUT2D eigenvalue weighted by Crippen LogP contribution is 2.34. The van der Waals surface area contributed by atoms with Gasteiger partial charge in [-0.05, 0) is 54.0 Å². The monoisotopic (exact) mass is 447 g/mol. The minimum absolute atomic E-state index is 0.117. The molecule has 0 saturated heterocycles. The van der Waals surface area contributed by atoms with E-state index in [-0.39, 0.29) is 24.2 Å². The standard InChI is InChI=1S/C27H30FN3O2/c1-17(2)26-25(27(32)29-15-20-10-9-18(3)23(28)13-20)22-14-21(30-33)11-12-24(22)31(26)16-19-7-5-4-6-8-19/h4-10,13,17,33H,11-12,14-16H2,1-3H3,(H,29,32). The van der Waals surface area contributed by atoms with Crippen LogP contribution in [0, 0.1) is 12.7 Å². The number of hydrogen-bond donors (Lipinski definition) is 2. The second kappa shape index (κ2) is 9.61. The van der Waals surface area contributed by atoms with Gasteiger partial charge in [-0.15, -0.1) is 0 Å². The topological polar surface area (TPSA) is 66.6 Å². The average molecular weight is 448 g/mol. The van der Waals surface area contributed by atoms with Crippen LogP contribution in [0.15, 0.2) is 53.7 Å². The number of aryl methyl sites for hydroxylation is 1. The molecule has 1 heterocycles. The van der Waals surface area contributed by atoms with Gasteiger partial charge in [0.15, 0.2) is 0 Å². The molecular weight excluding hydrogens is 417 g/mol. The normalized spacial score (nSPS) is 14.5. The maximum Gasteiger partial charge on any atom is 0.253 e. The molecule has 0 spiro atoms. The Morgan fingerprint density at radius 1 is 1.15 bits per heavy atom. The molecule has 0 unspecified atom stereocenters. The highest BCUT2D eigenvalue weighted by Gasteiger charge is 2.31. The molecule has 5 nitrogen and oxygen atoms in total. The quantitative estimate of drug-likeness (QED) is 0.395. The average Bonchev–Trinajstić information content (AvgIpc) is 3.14. The number of amides is 1. The fourth-order valence-electron chi connectivity index (χ4n) is 4.68. The lowest BCUT2D eigenvalue weighted by Crippen LogP contribution is -2.26. The summed E-state index contributed by atoms with van der Waals surface area (Å²) in [7, 11) is 0. The smallest absolute Gasteiger partial charge is 0.253 e. The van der Waals surface area contributed by atoms with Crippen LogP contribution in [0.5, 0.6) is 0 Å². The molecule has 1 aliphatic carbocycles. The van der Waals surface area contributed by atoms with Crippen LogP contribution >= 0.6 is 0 Å². The van der Waals surface area contributed by atoms with Crippen LogP contribution in [-0.4, -0.2) is 21.4 Å². The number of aromatic nitrogens is 1. The number of benzene rings is 2. The van der Waals surface area contributed by atoms with Crippen LogP contribution in [-0.2, 0) is 25.9 Å². The van der Waals surface area contributed by atoms with Gasteiger partial charge < -0.3 is 15.1 Å². The first-order valence-electron chi connectivity index (χ1n) is 11.4. The summed E-state index contributed by atoms with van der Waals surface area (Å²) >= 11 is 0. The van der Waals surface area contributed by atoms with E-state index in [9.17, 15) is 14.4 Å². The molecule has 4 rings (SSSR count). The lowest BCUT2D eigenvalue weighted by molar-refractivity contribution is 0.0948. The summed E-state index contributed by atoms with van der Waals surface area (Å²) in [5.41, 5.74) is 6.84. The molecule has 1 aromatic heterocycles. The Hall–Kier alpha value is -3.41. The molecule has 2 N–H and O–H groups in total. The van der Waals surface area contributed by atoms with E-state index in [1.807, 2.05) is 24.3 Å². The van der Waals surface area contributed by atoms with Crippen molar-refractivity contribution in [2.75, 3.05) is 0 Å². The largest absolute Gasteiger partial charge is 0.411 e. The Labute approximate surface area is 193 Å². The van der Waals surface area contributed by atoms with Gasteiger partial charge in [0.25, 0.3) is 5.91 Å². The second-order valence-electron chi connectivity index (χ2n) is 9.02. The van der Waals surface area contributed by atoms with Gasteiger partial charge in [-0.1, -0.05) is 61.5 Å². The predicted molar refractivity (Wildman–Crippen MR) is 128 cm³/mol. The SMILES string of the molecule is Cc1ccc(CNC(=O)c2c3c(n(Cc4ccccc4)c2C(C)C)CCC(=NO)C3)cc1F. The van der Waals surface area contributed by atoms with Crippen molar-refractivity contribution in [1.29, 1.82) is 0 Å². The zero-order valence-corrected chi connectivity index (χ0v) is 19.4. The van der Waals surface area contributed by atoms with Gasteiger partial charge >= 0.3 is 0 Å². The molecule has 3 aromatic rings. The second-order valence-corrected chi connectivity index (χ2v) is 9.02. The van der Waals surface area contributed by atoms with Crippen molar-refractivity contribution in [2.45, 2.75) is 59.0 Å². The predicted octanol–water partition coefficient (Wildman–Crippen LogP) is 5.36. The lowest BCUT2D eigenvalue weighted by atomic mass is 9.91. The van der Waals surface area contributed by atoms with E-state index in [1.54, 1.807) is 13.0 Å². The summed E-state index contributed by atoms with van der Waals surface area (Å²) in [4.78, 5) is 13.5. The summed E-state index contributed by atoms with van der Waals surface area (Å²) in [6, 6.07) is 15.2. The van der Waals surface area contributed by atoms with Crippen molar-refractivity contribution in [3.63, 3.8) is 0 Å². The maximum atomic E-state index is 14.0. The molecule has 172 valence electrons. The molecule has 0 aliphatic heterocycles. The van der Waals surface area contributed by atoms with Crippen molar-refractivity contribution in [3.05, 3.63) is 93.6 Å². The zero-order valence-electron chi connectivity index (χ0n) is 19.4. The van der Waals surface area contributed by atoms with Crippen LogP contribution in [0.25, 0.3) is 0 Å². The first kappa shape index (κ1) is 22.8. The van der Waals surface area contributed by atoms with Gasteiger partial charge in [0.1, 0.15) is 5.82 Å². The Kier molecular flexibility index (Phi) is 6.63. The third-order valence-electron chi connectivity index (χ3n) is 6.34. The molecule has 0 saturated carbocycles. The van der Waals surface area contributed by atoms with Gasteiger partial charge in [-0.2, -0.15) is 0 Å². The molecule has 6 heteroatoms. The zero-order chi connectivity index (χ0) is 23.5. The lowest BCUT2D eigenvalue weighted by Gasteiger charge is -2.19. The van der Waals surface area contributed by atoms with Crippen LogP contribution in [0.3, 0.4) is 0 Å². The Balaban J connectivity index is 1.73. The van der Waals surface area contributed by atoms with Crippen LogP contribution in [0.4, 0.5) is 4.39 Å². The number of carbonyl (C=O) groups excluding carboxylic acids is 1. The fourth-order valence-corrected chi connectivity index (χ4v) is 4.68. The van der Waals surface area contributed by atoms with Crippen molar-refractivity contribution in [2.24, 2.45) is 5.16 Å². The highest BCUT2D eigenvalue weighted by molar-refractivity contribution is 6.00. The van der Waals surface area contributed by atoms with Crippen molar-refractivity contribution in [3.8, 4) is 0 Å². The molecule has 0 fully saturated rings. The van der Waals surface area contributed by atoms with E-state index in [0.29, 0.717) is 41.8 Å². The van der Waals surface area contributed by atoms with Gasteiger partial charge in [0.05, 0.1) is 11.3 Å². The Bertz CT molecular complexity index is 1200. The van der Waals surface area contributed by atoms with E-state index in [0.717, 1.165) is 23.4 Å². The van der Waals surface area contributed by atoms with E-state index >= 15 is 0 Å². The molecule has 1 amide bonds. The van der Waals surface area contributed by atoms with E-state index < -0.39 is 0 Å². The minimum Gasteiger partial charge on any atom is -0.411 e. The molecular formula is C27H30FN3O2. The maximum absolute atomic E-state index is 14.0. The molecule has 1 aliphatic rings.